The summed E-state index contributed by atoms with van der Waals surface area (Å²) < 4.78 is 4.63. The Hall–Kier alpha value is -3.35. The molecule has 0 saturated carbocycles. The van der Waals surface area contributed by atoms with Gasteiger partial charge in [0.15, 0.2) is 0 Å². The number of piperidine rings is 1. The average Bonchev–Trinajstić information content (AvgIpc) is 2.69. The van der Waals surface area contributed by atoms with Gasteiger partial charge >= 0.3 is 5.97 Å². The lowest BCUT2D eigenvalue weighted by molar-refractivity contribution is -0.124. The van der Waals surface area contributed by atoms with Crippen molar-refractivity contribution in [2.24, 2.45) is 0 Å². The molecule has 2 aromatic carbocycles. The zero-order valence-electron chi connectivity index (χ0n) is 14.8. The van der Waals surface area contributed by atoms with Gasteiger partial charge in [-0.05, 0) is 48.7 Å². The Morgan fingerprint density at radius 1 is 1.15 bits per heavy atom. The zero-order chi connectivity index (χ0) is 19.4. The number of carbonyl (C=O) groups excluding carboxylic acids is 3. The predicted octanol–water partition coefficient (Wildman–Crippen LogP) is 1.85. The van der Waals surface area contributed by atoms with E-state index in [4.69, 9.17) is 0 Å². The standard InChI is InChI=1S/C20H20N2O5/c1-27-20(26)14-8-9-15(17(23)11-14)12-4-6-13(7-5-12)18(24)22-16-3-2-10-21-19(16)25/h4-9,11,16,23H,2-3,10H2,1H3,(H,21,25)(H,22,24). The van der Waals surface area contributed by atoms with Crippen LogP contribution >= 0.6 is 0 Å². The summed E-state index contributed by atoms with van der Waals surface area (Å²) in [4.78, 5) is 35.6. The summed E-state index contributed by atoms with van der Waals surface area (Å²) >= 11 is 0. The average molecular weight is 368 g/mol. The number of ether oxygens (including phenoxy) is 1. The lowest BCUT2D eigenvalue weighted by Crippen LogP contribution is -2.50. The molecular weight excluding hydrogens is 348 g/mol. The van der Waals surface area contributed by atoms with Crippen molar-refractivity contribution >= 4 is 17.8 Å². The maximum absolute atomic E-state index is 12.3. The van der Waals surface area contributed by atoms with E-state index in [0.717, 1.165) is 6.42 Å². The van der Waals surface area contributed by atoms with E-state index in [0.29, 0.717) is 29.7 Å². The van der Waals surface area contributed by atoms with Crippen molar-refractivity contribution in [2.75, 3.05) is 13.7 Å². The molecule has 1 fully saturated rings. The number of rotatable bonds is 4. The number of aromatic hydroxyl groups is 1. The number of nitrogens with one attached hydrogen (secondary N) is 2. The van der Waals surface area contributed by atoms with Crippen LogP contribution in [0, 0.1) is 0 Å². The fourth-order valence-corrected chi connectivity index (χ4v) is 2.97. The summed E-state index contributed by atoms with van der Waals surface area (Å²) in [7, 11) is 1.27. The third-order valence-corrected chi connectivity index (χ3v) is 4.47. The van der Waals surface area contributed by atoms with Crippen LogP contribution in [0.3, 0.4) is 0 Å². The molecule has 0 spiro atoms. The van der Waals surface area contributed by atoms with Crippen molar-refractivity contribution in [3.63, 3.8) is 0 Å². The Morgan fingerprint density at radius 2 is 1.85 bits per heavy atom. The number of hydrogen-bond acceptors (Lipinski definition) is 5. The summed E-state index contributed by atoms with van der Waals surface area (Å²) in [6, 6.07) is 10.6. The number of esters is 1. The van der Waals surface area contributed by atoms with Gasteiger partial charge in [-0.2, -0.15) is 0 Å². The second kappa shape index (κ2) is 7.90. The third kappa shape index (κ3) is 4.08. The minimum absolute atomic E-state index is 0.0611. The van der Waals surface area contributed by atoms with Gasteiger partial charge in [0.1, 0.15) is 11.8 Å². The van der Waals surface area contributed by atoms with Crippen LogP contribution in [0.2, 0.25) is 0 Å². The molecule has 0 bridgehead atoms. The van der Waals surface area contributed by atoms with Gasteiger partial charge in [-0.15, -0.1) is 0 Å². The summed E-state index contributed by atoms with van der Waals surface area (Å²) in [5.74, 6) is -1.08. The van der Waals surface area contributed by atoms with E-state index in [1.807, 2.05) is 0 Å². The van der Waals surface area contributed by atoms with Crippen LogP contribution in [0.25, 0.3) is 11.1 Å². The van der Waals surface area contributed by atoms with Crippen molar-refractivity contribution in [1.82, 2.24) is 10.6 Å². The van der Waals surface area contributed by atoms with Gasteiger partial charge in [0.25, 0.3) is 5.91 Å². The van der Waals surface area contributed by atoms with E-state index in [9.17, 15) is 19.5 Å². The molecule has 140 valence electrons. The number of benzene rings is 2. The maximum Gasteiger partial charge on any atom is 0.337 e. The molecule has 7 nitrogen and oxygen atoms in total. The number of phenols is 1. The molecule has 0 radical (unpaired) electrons. The molecule has 1 atom stereocenters. The van der Waals surface area contributed by atoms with Crippen LogP contribution in [-0.4, -0.2) is 42.6 Å². The molecular formula is C20H20N2O5. The third-order valence-electron chi connectivity index (χ3n) is 4.47. The van der Waals surface area contributed by atoms with Crippen molar-refractivity contribution < 1.29 is 24.2 Å². The summed E-state index contributed by atoms with van der Waals surface area (Å²) in [5.41, 5.74) is 1.89. The summed E-state index contributed by atoms with van der Waals surface area (Å²) in [6.45, 7) is 0.637. The van der Waals surface area contributed by atoms with Gasteiger partial charge in [0.2, 0.25) is 5.91 Å². The molecule has 2 amide bonds. The van der Waals surface area contributed by atoms with Crippen molar-refractivity contribution in [1.29, 1.82) is 0 Å². The van der Waals surface area contributed by atoms with Gasteiger partial charge in [-0.25, -0.2) is 4.79 Å². The van der Waals surface area contributed by atoms with E-state index < -0.39 is 12.0 Å². The van der Waals surface area contributed by atoms with E-state index in [2.05, 4.69) is 15.4 Å². The van der Waals surface area contributed by atoms with Gasteiger partial charge in [0, 0.05) is 17.7 Å². The topological polar surface area (TPSA) is 105 Å². The number of phenolic OH excluding ortho intramolecular Hbond substituents is 1. The number of methoxy groups -OCH3 is 1. The van der Waals surface area contributed by atoms with Gasteiger partial charge in [-0.3, -0.25) is 9.59 Å². The Balaban J connectivity index is 1.74. The first-order valence-electron chi connectivity index (χ1n) is 8.60. The van der Waals surface area contributed by atoms with Gasteiger partial charge < -0.3 is 20.5 Å². The van der Waals surface area contributed by atoms with Crippen molar-refractivity contribution in [2.45, 2.75) is 18.9 Å². The molecule has 1 saturated heterocycles. The second-order valence-corrected chi connectivity index (χ2v) is 6.26. The molecule has 1 aliphatic heterocycles. The van der Waals surface area contributed by atoms with Gasteiger partial charge in [-0.1, -0.05) is 12.1 Å². The maximum atomic E-state index is 12.3. The zero-order valence-corrected chi connectivity index (χ0v) is 14.8. The summed E-state index contributed by atoms with van der Waals surface area (Å²) in [6.07, 6.45) is 1.45. The molecule has 3 N–H and O–H groups in total. The van der Waals surface area contributed by atoms with Crippen LogP contribution in [0.4, 0.5) is 0 Å². The highest BCUT2D eigenvalue weighted by Gasteiger charge is 2.24. The number of hydrogen-bond donors (Lipinski definition) is 3. The Bertz CT molecular complexity index is 876. The monoisotopic (exact) mass is 368 g/mol. The van der Waals surface area contributed by atoms with Crippen LogP contribution in [0.1, 0.15) is 33.6 Å². The normalized spacial score (nSPS) is 16.3. The van der Waals surface area contributed by atoms with Crippen LogP contribution < -0.4 is 10.6 Å². The first-order chi connectivity index (χ1) is 13.0. The van der Waals surface area contributed by atoms with E-state index in [-0.39, 0.29) is 23.1 Å². The quantitative estimate of drug-likeness (QED) is 0.715. The largest absolute Gasteiger partial charge is 0.507 e. The highest BCUT2D eigenvalue weighted by molar-refractivity contribution is 5.98. The molecule has 1 unspecified atom stereocenters. The highest BCUT2D eigenvalue weighted by atomic mass is 16.5. The van der Waals surface area contributed by atoms with E-state index in [1.165, 1.54) is 13.2 Å². The molecule has 0 aromatic heterocycles. The fourth-order valence-electron chi connectivity index (χ4n) is 2.97. The number of carbonyl (C=O) groups is 3. The van der Waals surface area contributed by atoms with Crippen molar-refractivity contribution in [3.05, 3.63) is 53.6 Å². The summed E-state index contributed by atoms with van der Waals surface area (Å²) in [5, 5.41) is 15.6. The Kier molecular flexibility index (Phi) is 5.40. The van der Waals surface area contributed by atoms with Crippen molar-refractivity contribution in [3.8, 4) is 16.9 Å². The molecule has 7 heteroatoms. The highest BCUT2D eigenvalue weighted by Crippen LogP contribution is 2.30. The first-order valence-corrected chi connectivity index (χ1v) is 8.60. The Labute approximate surface area is 156 Å². The predicted molar refractivity (Wildman–Crippen MR) is 98.4 cm³/mol. The minimum atomic E-state index is -0.532. The first kappa shape index (κ1) is 18.4. The molecule has 27 heavy (non-hydrogen) atoms. The fraction of sp³-hybridized carbons (Fsp3) is 0.250. The molecule has 3 rings (SSSR count). The lowest BCUT2D eigenvalue weighted by Gasteiger charge is -2.22. The molecule has 0 aliphatic carbocycles. The smallest absolute Gasteiger partial charge is 0.337 e. The molecule has 1 heterocycles. The second-order valence-electron chi connectivity index (χ2n) is 6.26. The van der Waals surface area contributed by atoms with Gasteiger partial charge in [0.05, 0.1) is 12.7 Å². The van der Waals surface area contributed by atoms with Crippen LogP contribution in [-0.2, 0) is 9.53 Å². The van der Waals surface area contributed by atoms with Crippen LogP contribution in [0.5, 0.6) is 5.75 Å². The Morgan fingerprint density at radius 3 is 2.48 bits per heavy atom. The van der Waals surface area contributed by atoms with E-state index >= 15 is 0 Å². The SMILES string of the molecule is COC(=O)c1ccc(-c2ccc(C(=O)NC3CCCNC3=O)cc2)c(O)c1. The van der Waals surface area contributed by atoms with E-state index in [1.54, 1.807) is 36.4 Å². The lowest BCUT2D eigenvalue weighted by atomic mass is 10.0. The van der Waals surface area contributed by atoms with Crippen LogP contribution in [0.15, 0.2) is 42.5 Å². The minimum Gasteiger partial charge on any atom is -0.507 e. The molecule has 2 aromatic rings. The molecule has 1 aliphatic rings. The number of amides is 2.